The maximum absolute atomic E-state index is 2.44. The normalized spacial score (nSPS) is 16.7. The topological polar surface area (TPSA) is 21.5 Å². The average Bonchev–Trinajstić information content (AvgIpc) is 3.00. The van der Waals surface area contributed by atoms with Gasteiger partial charge in [-0.1, -0.05) is 49.4 Å². The molecule has 2 heterocycles. The van der Waals surface area contributed by atoms with Gasteiger partial charge in [-0.2, -0.15) is 0 Å². The number of nitrogens with two attached hydrogens (primary N) is 1. The van der Waals surface area contributed by atoms with E-state index in [1.165, 1.54) is 28.1 Å². The van der Waals surface area contributed by atoms with Gasteiger partial charge >= 0.3 is 0 Å². The fraction of sp³-hybridized carbons (Fsp3) is 0.200. The van der Waals surface area contributed by atoms with E-state index in [1.54, 1.807) is 0 Å². The maximum Gasteiger partial charge on any atom is 0.153 e. The van der Waals surface area contributed by atoms with Crippen LogP contribution in [0.3, 0.4) is 0 Å². The Kier molecular flexibility index (Phi) is 3.32. The van der Waals surface area contributed by atoms with Crippen molar-refractivity contribution in [1.82, 2.24) is 4.57 Å². The molecule has 2 nitrogen and oxygen atoms in total. The maximum atomic E-state index is 2.44. The summed E-state index contributed by atoms with van der Waals surface area (Å²) in [5, 5.41) is 2.44. The molecule has 0 radical (unpaired) electrons. The van der Waals surface area contributed by atoms with Gasteiger partial charge in [-0.3, -0.25) is 0 Å². The van der Waals surface area contributed by atoms with Crippen LogP contribution in [-0.4, -0.2) is 4.57 Å². The van der Waals surface area contributed by atoms with Gasteiger partial charge in [0.15, 0.2) is 6.04 Å². The smallest absolute Gasteiger partial charge is 0.153 e. The third-order valence-corrected chi connectivity index (χ3v) is 4.67. The van der Waals surface area contributed by atoms with E-state index in [4.69, 9.17) is 0 Å². The van der Waals surface area contributed by atoms with E-state index in [-0.39, 0.29) is 0 Å². The van der Waals surface area contributed by atoms with Crippen LogP contribution in [0.15, 0.2) is 66.9 Å². The van der Waals surface area contributed by atoms with Gasteiger partial charge in [0, 0.05) is 17.3 Å². The van der Waals surface area contributed by atoms with Gasteiger partial charge in [-0.05, 0) is 30.2 Å². The minimum atomic E-state index is 0.355. The third kappa shape index (κ3) is 2.16. The largest absolute Gasteiger partial charge is 0.331 e. The number of rotatable bonds is 2. The molecule has 1 atom stereocenters. The molecule has 0 amide bonds. The highest BCUT2D eigenvalue weighted by Gasteiger charge is 2.25. The minimum absolute atomic E-state index is 0.355. The zero-order chi connectivity index (χ0) is 14.9. The first-order valence-electron chi connectivity index (χ1n) is 8.04. The van der Waals surface area contributed by atoms with Crippen molar-refractivity contribution in [2.24, 2.45) is 0 Å². The molecule has 0 aliphatic carbocycles. The monoisotopic (exact) mass is 289 g/mol. The summed E-state index contributed by atoms with van der Waals surface area (Å²) < 4.78 is 2.34. The van der Waals surface area contributed by atoms with Crippen LogP contribution in [0.25, 0.3) is 5.69 Å². The van der Waals surface area contributed by atoms with Crippen LogP contribution >= 0.6 is 0 Å². The summed E-state index contributed by atoms with van der Waals surface area (Å²) in [5.74, 6) is 0. The highest BCUT2D eigenvalue weighted by molar-refractivity contribution is 5.45. The summed E-state index contributed by atoms with van der Waals surface area (Å²) in [5.41, 5.74) is 6.84. The van der Waals surface area contributed by atoms with E-state index in [1.807, 2.05) is 0 Å². The molecular formula is C20H21N2+. The molecule has 0 saturated heterocycles. The van der Waals surface area contributed by atoms with Crippen LogP contribution in [0.5, 0.6) is 0 Å². The molecular weight excluding hydrogens is 268 g/mol. The quantitative estimate of drug-likeness (QED) is 0.748. The number of para-hydroxylation sites is 1. The van der Waals surface area contributed by atoms with E-state index in [0.29, 0.717) is 6.04 Å². The second kappa shape index (κ2) is 5.47. The van der Waals surface area contributed by atoms with E-state index in [2.05, 4.69) is 83.7 Å². The van der Waals surface area contributed by atoms with Gasteiger partial charge in [0.1, 0.15) is 6.54 Å². The molecule has 4 rings (SSSR count). The molecule has 2 heteroatoms. The number of fused-ring (bicyclic) bond motifs is 3. The van der Waals surface area contributed by atoms with Gasteiger partial charge in [-0.15, -0.1) is 0 Å². The van der Waals surface area contributed by atoms with Crippen LogP contribution in [0, 0.1) is 0 Å². The number of aryl methyl sites for hydroxylation is 1. The Morgan fingerprint density at radius 1 is 1.00 bits per heavy atom. The number of quaternary nitrogens is 1. The Morgan fingerprint density at radius 3 is 2.64 bits per heavy atom. The van der Waals surface area contributed by atoms with Crippen molar-refractivity contribution >= 4 is 0 Å². The van der Waals surface area contributed by atoms with Crippen molar-refractivity contribution < 1.29 is 5.32 Å². The number of hydrogen-bond donors (Lipinski definition) is 1. The lowest BCUT2D eigenvalue weighted by atomic mass is 10.0. The fourth-order valence-electron chi connectivity index (χ4n) is 3.42. The molecule has 2 N–H and O–H groups in total. The Bertz CT molecular complexity index is 783. The van der Waals surface area contributed by atoms with Gasteiger partial charge in [0.05, 0.1) is 11.4 Å². The van der Waals surface area contributed by atoms with Gasteiger partial charge in [-0.25, -0.2) is 0 Å². The summed E-state index contributed by atoms with van der Waals surface area (Å²) in [6, 6.07) is 22.5. The lowest BCUT2D eigenvalue weighted by molar-refractivity contribution is -0.702. The summed E-state index contributed by atoms with van der Waals surface area (Å²) in [7, 11) is 0. The van der Waals surface area contributed by atoms with Crippen molar-refractivity contribution in [3.63, 3.8) is 0 Å². The fourth-order valence-corrected chi connectivity index (χ4v) is 3.42. The molecule has 1 aromatic heterocycles. The Balaban J connectivity index is 1.80. The number of benzene rings is 2. The van der Waals surface area contributed by atoms with E-state index in [0.717, 1.165) is 13.0 Å². The third-order valence-electron chi connectivity index (χ3n) is 4.67. The minimum Gasteiger partial charge on any atom is -0.331 e. The first kappa shape index (κ1) is 13.4. The Hall–Kier alpha value is -2.32. The zero-order valence-electron chi connectivity index (χ0n) is 12.9. The summed E-state index contributed by atoms with van der Waals surface area (Å²) in [4.78, 5) is 0. The van der Waals surface area contributed by atoms with Crippen molar-refractivity contribution in [2.75, 3.05) is 0 Å². The molecule has 0 saturated carbocycles. The summed E-state index contributed by atoms with van der Waals surface area (Å²) in [6.45, 7) is 3.21. The standard InChI is InChI=1S/C20H20N2/c1-2-15-9-11-16(12-10-15)20-19-8-5-13-22(19)18-7-4-3-6-17(18)14-21-20/h3-13,20-21H,2,14H2,1H3/p+1/t20-/m1/s1. The molecule has 22 heavy (non-hydrogen) atoms. The second-order valence-corrected chi connectivity index (χ2v) is 5.94. The lowest BCUT2D eigenvalue weighted by Gasteiger charge is -2.15. The highest BCUT2D eigenvalue weighted by atomic mass is 15.1. The van der Waals surface area contributed by atoms with E-state index >= 15 is 0 Å². The first-order chi connectivity index (χ1) is 10.9. The van der Waals surface area contributed by atoms with Crippen molar-refractivity contribution in [3.05, 3.63) is 89.2 Å². The Morgan fingerprint density at radius 2 is 1.82 bits per heavy atom. The summed E-state index contributed by atoms with van der Waals surface area (Å²) in [6.07, 6.45) is 3.28. The molecule has 1 aliphatic heterocycles. The molecule has 110 valence electrons. The number of hydrogen-bond acceptors (Lipinski definition) is 0. The SMILES string of the molecule is CCc1ccc([C@H]2[NH2+]Cc3ccccc3-n3cccc32)cc1. The van der Waals surface area contributed by atoms with Crippen LogP contribution in [0.1, 0.15) is 35.3 Å². The van der Waals surface area contributed by atoms with Crippen LogP contribution in [0.4, 0.5) is 0 Å². The van der Waals surface area contributed by atoms with Crippen LogP contribution < -0.4 is 5.32 Å². The van der Waals surface area contributed by atoms with Gasteiger partial charge in [0.25, 0.3) is 0 Å². The predicted octanol–water partition coefficient (Wildman–Crippen LogP) is 3.21. The van der Waals surface area contributed by atoms with E-state index < -0.39 is 0 Å². The number of nitrogens with zero attached hydrogens (tertiary/aromatic N) is 1. The van der Waals surface area contributed by atoms with Crippen molar-refractivity contribution in [2.45, 2.75) is 25.9 Å². The van der Waals surface area contributed by atoms with E-state index in [9.17, 15) is 0 Å². The van der Waals surface area contributed by atoms with Crippen LogP contribution in [-0.2, 0) is 13.0 Å². The molecule has 0 unspecified atom stereocenters. The average molecular weight is 289 g/mol. The highest BCUT2D eigenvalue weighted by Crippen LogP contribution is 2.26. The molecule has 2 aromatic carbocycles. The molecule has 1 aliphatic rings. The summed E-state index contributed by atoms with van der Waals surface area (Å²) >= 11 is 0. The lowest BCUT2D eigenvalue weighted by Crippen LogP contribution is -2.83. The van der Waals surface area contributed by atoms with Crippen molar-refractivity contribution in [3.8, 4) is 5.69 Å². The molecule has 0 fully saturated rings. The molecule has 0 spiro atoms. The Labute approximate surface area is 131 Å². The molecule has 3 aromatic rings. The molecule has 0 bridgehead atoms. The van der Waals surface area contributed by atoms with Crippen molar-refractivity contribution in [1.29, 1.82) is 0 Å². The predicted molar refractivity (Wildman–Crippen MR) is 89.1 cm³/mol. The van der Waals surface area contributed by atoms with Gasteiger partial charge in [0.2, 0.25) is 0 Å². The van der Waals surface area contributed by atoms with Crippen LogP contribution in [0.2, 0.25) is 0 Å². The zero-order valence-corrected chi connectivity index (χ0v) is 12.9. The second-order valence-electron chi connectivity index (χ2n) is 5.94. The first-order valence-corrected chi connectivity index (χ1v) is 8.04. The van der Waals surface area contributed by atoms with Gasteiger partial charge < -0.3 is 9.88 Å². The number of aromatic nitrogens is 1.